The first-order chi connectivity index (χ1) is 9.15. The predicted molar refractivity (Wildman–Crippen MR) is 78.1 cm³/mol. The van der Waals surface area contributed by atoms with Crippen molar-refractivity contribution in [2.24, 2.45) is 4.99 Å². The minimum Gasteiger partial charge on any atom is -0.290 e. The Labute approximate surface area is 113 Å². The molecule has 1 aromatic carbocycles. The first-order valence-corrected chi connectivity index (χ1v) is 6.14. The Morgan fingerprint density at radius 3 is 2.74 bits per heavy atom. The Bertz CT molecular complexity index is 602. The van der Waals surface area contributed by atoms with E-state index in [1.165, 1.54) is 11.6 Å². The molecule has 0 fully saturated rings. The molecule has 0 amide bonds. The van der Waals surface area contributed by atoms with Gasteiger partial charge in [-0.3, -0.25) is 9.79 Å². The summed E-state index contributed by atoms with van der Waals surface area (Å²) in [5.74, 6) is 2.63. The molecule has 0 saturated heterocycles. The zero-order chi connectivity index (χ0) is 13.7. The molecular weight excluding hydrogens is 234 g/mol. The van der Waals surface area contributed by atoms with Crippen LogP contribution < -0.4 is 0 Å². The van der Waals surface area contributed by atoms with Crippen molar-refractivity contribution in [2.45, 2.75) is 18.9 Å². The number of allylic oxidation sites excluding steroid dienone is 2. The van der Waals surface area contributed by atoms with Gasteiger partial charge in [-0.1, -0.05) is 36.3 Å². The second-order valence-electron chi connectivity index (χ2n) is 4.50. The summed E-state index contributed by atoms with van der Waals surface area (Å²) in [6.45, 7) is 1.75. The van der Waals surface area contributed by atoms with Crippen molar-refractivity contribution in [2.75, 3.05) is 0 Å². The summed E-state index contributed by atoms with van der Waals surface area (Å²) < 4.78 is 0. The summed E-state index contributed by atoms with van der Waals surface area (Å²) in [4.78, 5) is 15.9. The van der Waals surface area contributed by atoms with Crippen molar-refractivity contribution < 1.29 is 4.79 Å². The van der Waals surface area contributed by atoms with Crippen LogP contribution in [0.25, 0.3) is 0 Å². The standard InChI is InChI=1S/C17H15NO/c1-3-17(11-9-16(19)14(2)13-17)18-12-10-15-7-5-4-6-8-15/h1,4-9,11-13H,10H2,2H3/b18-12+. The molecule has 2 nitrogen and oxygen atoms in total. The topological polar surface area (TPSA) is 29.4 Å². The molecule has 0 N–H and O–H groups in total. The lowest BCUT2D eigenvalue weighted by Crippen LogP contribution is -2.23. The number of hydrogen-bond acceptors (Lipinski definition) is 2. The smallest absolute Gasteiger partial charge is 0.181 e. The molecule has 0 radical (unpaired) electrons. The Kier molecular flexibility index (Phi) is 3.77. The second-order valence-corrected chi connectivity index (χ2v) is 4.50. The number of hydrogen-bond donors (Lipinski definition) is 0. The molecule has 0 bridgehead atoms. The van der Waals surface area contributed by atoms with E-state index in [-0.39, 0.29) is 5.78 Å². The number of nitrogens with zero attached hydrogens (tertiary/aromatic N) is 1. The third-order valence-electron chi connectivity index (χ3n) is 3.02. The molecule has 1 aromatic rings. The van der Waals surface area contributed by atoms with Crippen LogP contribution in [0.1, 0.15) is 12.5 Å². The molecule has 2 heteroatoms. The first-order valence-electron chi connectivity index (χ1n) is 6.14. The monoisotopic (exact) mass is 249 g/mol. The van der Waals surface area contributed by atoms with E-state index >= 15 is 0 Å². The van der Waals surface area contributed by atoms with Crippen molar-refractivity contribution in [1.29, 1.82) is 0 Å². The van der Waals surface area contributed by atoms with E-state index in [4.69, 9.17) is 6.42 Å². The molecule has 1 unspecified atom stereocenters. The second kappa shape index (κ2) is 5.49. The van der Waals surface area contributed by atoms with Crippen molar-refractivity contribution in [3.05, 3.63) is 59.7 Å². The maximum atomic E-state index is 11.4. The molecular formula is C17H15NO. The molecule has 1 atom stereocenters. The maximum absolute atomic E-state index is 11.4. The first kappa shape index (κ1) is 13.0. The van der Waals surface area contributed by atoms with Gasteiger partial charge in [0.1, 0.15) is 0 Å². The van der Waals surface area contributed by atoms with E-state index in [0.29, 0.717) is 5.57 Å². The van der Waals surface area contributed by atoms with Crippen LogP contribution >= 0.6 is 0 Å². The average Bonchev–Trinajstić information content (AvgIpc) is 2.44. The minimum atomic E-state index is -0.813. The molecule has 0 saturated carbocycles. The lowest BCUT2D eigenvalue weighted by molar-refractivity contribution is -0.111. The number of rotatable bonds is 3. The highest BCUT2D eigenvalue weighted by atomic mass is 16.1. The van der Waals surface area contributed by atoms with Gasteiger partial charge >= 0.3 is 0 Å². The van der Waals surface area contributed by atoms with E-state index in [1.54, 1.807) is 25.3 Å². The number of carbonyl (C=O) groups excluding carboxylic acids is 1. The number of carbonyl (C=O) groups is 1. The number of terminal acetylenes is 1. The van der Waals surface area contributed by atoms with E-state index in [9.17, 15) is 4.79 Å². The van der Waals surface area contributed by atoms with E-state index < -0.39 is 5.54 Å². The maximum Gasteiger partial charge on any atom is 0.181 e. The molecule has 0 heterocycles. The van der Waals surface area contributed by atoms with Crippen LogP contribution in [-0.4, -0.2) is 17.5 Å². The van der Waals surface area contributed by atoms with Gasteiger partial charge < -0.3 is 0 Å². The predicted octanol–water partition coefficient (Wildman–Crippen LogP) is 2.76. The Balaban J connectivity index is 2.15. The third kappa shape index (κ3) is 3.08. The van der Waals surface area contributed by atoms with Gasteiger partial charge in [-0.25, -0.2) is 0 Å². The molecule has 0 spiro atoms. The number of aliphatic imine (C=N–C) groups is 1. The van der Waals surface area contributed by atoms with E-state index in [1.807, 2.05) is 30.3 Å². The highest BCUT2D eigenvalue weighted by molar-refractivity contribution is 6.05. The molecule has 1 aliphatic rings. The fourth-order valence-corrected chi connectivity index (χ4v) is 1.91. The van der Waals surface area contributed by atoms with Gasteiger partial charge in [0.25, 0.3) is 0 Å². The van der Waals surface area contributed by atoms with Gasteiger partial charge in [0.05, 0.1) is 0 Å². The summed E-state index contributed by atoms with van der Waals surface area (Å²) in [5.41, 5.74) is 1.000. The van der Waals surface area contributed by atoms with Gasteiger partial charge in [0.2, 0.25) is 0 Å². The van der Waals surface area contributed by atoms with Crippen LogP contribution in [0.4, 0.5) is 0 Å². The van der Waals surface area contributed by atoms with Crippen molar-refractivity contribution in [3.63, 3.8) is 0 Å². The van der Waals surface area contributed by atoms with Gasteiger partial charge in [-0.15, -0.1) is 6.42 Å². The Morgan fingerprint density at radius 1 is 1.37 bits per heavy atom. The van der Waals surface area contributed by atoms with E-state index in [0.717, 1.165) is 6.42 Å². The highest BCUT2D eigenvalue weighted by Crippen LogP contribution is 2.21. The van der Waals surface area contributed by atoms with Gasteiger partial charge in [-0.05, 0) is 36.3 Å². The van der Waals surface area contributed by atoms with Gasteiger partial charge in [0, 0.05) is 12.6 Å². The van der Waals surface area contributed by atoms with E-state index in [2.05, 4.69) is 10.9 Å². The SMILES string of the molecule is C#CC1(/N=C/Cc2ccccc2)C=CC(=O)C(C)=C1. The van der Waals surface area contributed by atoms with Crippen molar-refractivity contribution in [1.82, 2.24) is 0 Å². The largest absolute Gasteiger partial charge is 0.290 e. The summed E-state index contributed by atoms with van der Waals surface area (Å²) in [6, 6.07) is 10.0. The highest BCUT2D eigenvalue weighted by Gasteiger charge is 2.24. The normalized spacial score (nSPS) is 22.3. The molecule has 1 aliphatic carbocycles. The summed E-state index contributed by atoms with van der Waals surface area (Å²) in [6.07, 6.45) is 13.0. The Morgan fingerprint density at radius 2 is 2.11 bits per heavy atom. The fraction of sp³-hybridized carbons (Fsp3) is 0.176. The van der Waals surface area contributed by atoms with Gasteiger partial charge in [-0.2, -0.15) is 0 Å². The van der Waals surface area contributed by atoms with Crippen LogP contribution in [0.15, 0.2) is 59.1 Å². The molecule has 2 rings (SSSR count). The number of ketones is 1. The van der Waals surface area contributed by atoms with Gasteiger partial charge in [0.15, 0.2) is 11.3 Å². The average molecular weight is 249 g/mol. The quantitative estimate of drug-likeness (QED) is 0.598. The zero-order valence-corrected chi connectivity index (χ0v) is 10.8. The summed E-state index contributed by atoms with van der Waals surface area (Å²) in [5, 5.41) is 0. The molecule has 0 aliphatic heterocycles. The minimum absolute atomic E-state index is 0.0101. The molecule has 0 aromatic heterocycles. The number of benzene rings is 1. The van der Waals surface area contributed by atoms with Crippen molar-refractivity contribution in [3.8, 4) is 12.3 Å². The van der Waals surface area contributed by atoms with Crippen LogP contribution in [0, 0.1) is 12.3 Å². The van der Waals surface area contributed by atoms with Crippen LogP contribution in [0.2, 0.25) is 0 Å². The lowest BCUT2D eigenvalue weighted by Gasteiger charge is -2.19. The third-order valence-corrected chi connectivity index (χ3v) is 3.02. The van der Waals surface area contributed by atoms with Crippen LogP contribution in [0.5, 0.6) is 0 Å². The van der Waals surface area contributed by atoms with Crippen molar-refractivity contribution >= 4 is 12.0 Å². The lowest BCUT2D eigenvalue weighted by atomic mass is 9.91. The van der Waals surface area contributed by atoms with Crippen LogP contribution in [0.3, 0.4) is 0 Å². The zero-order valence-electron chi connectivity index (χ0n) is 10.8. The Hall–Kier alpha value is -2.40. The molecule has 19 heavy (non-hydrogen) atoms. The van der Waals surface area contributed by atoms with Crippen LogP contribution in [-0.2, 0) is 11.2 Å². The summed E-state index contributed by atoms with van der Waals surface area (Å²) >= 11 is 0. The molecule has 94 valence electrons. The summed E-state index contributed by atoms with van der Waals surface area (Å²) in [7, 11) is 0. The fourth-order valence-electron chi connectivity index (χ4n) is 1.91.